The average molecular weight is 356 g/mol. The molecule has 0 heterocycles. The molecule has 0 aliphatic carbocycles. The van der Waals surface area contributed by atoms with Crippen LogP contribution in [-0.4, -0.2) is 31.2 Å². The Morgan fingerprint density at radius 3 is 2.32 bits per heavy atom. The Bertz CT molecular complexity index is 733. The summed E-state index contributed by atoms with van der Waals surface area (Å²) in [6, 6.07) is 14.5. The average Bonchev–Trinajstić information content (AvgIpc) is 2.66. The van der Waals surface area contributed by atoms with E-state index in [0.29, 0.717) is 12.2 Å². The van der Waals surface area contributed by atoms with Crippen molar-refractivity contribution in [3.8, 4) is 5.75 Å². The molecule has 0 amide bonds. The van der Waals surface area contributed by atoms with E-state index < -0.39 is 5.97 Å². The fourth-order valence-electron chi connectivity index (χ4n) is 2.05. The molecule has 4 nitrogen and oxygen atoms in total. The zero-order valence-corrected chi connectivity index (χ0v) is 15.0. The quantitative estimate of drug-likeness (QED) is 0.306. The largest absolute Gasteiger partial charge is 0.494 e. The van der Waals surface area contributed by atoms with Crippen molar-refractivity contribution in [2.75, 3.05) is 19.5 Å². The van der Waals surface area contributed by atoms with Gasteiger partial charge in [0.2, 0.25) is 0 Å². The second-order valence-corrected chi connectivity index (χ2v) is 5.97. The maximum Gasteiger partial charge on any atom is 0.331 e. The van der Waals surface area contributed by atoms with Gasteiger partial charge in [-0.3, -0.25) is 4.79 Å². The summed E-state index contributed by atoms with van der Waals surface area (Å²) in [6.07, 6.45) is 4.91. The second kappa shape index (κ2) is 9.69. The third-order valence-electron chi connectivity index (χ3n) is 3.36. The summed E-state index contributed by atoms with van der Waals surface area (Å²) >= 11 is 1.60. The molecule has 25 heavy (non-hydrogen) atoms. The number of Topliss-reactive ketones (excluding diaryl/α,β-unsaturated/α-hetero) is 1. The van der Waals surface area contributed by atoms with Crippen LogP contribution in [0.15, 0.2) is 59.5 Å². The maximum atomic E-state index is 12.0. The van der Waals surface area contributed by atoms with Crippen LogP contribution in [0.4, 0.5) is 0 Å². The summed E-state index contributed by atoms with van der Waals surface area (Å²) in [5.41, 5.74) is 1.38. The monoisotopic (exact) mass is 356 g/mol. The van der Waals surface area contributed by atoms with Crippen molar-refractivity contribution < 1.29 is 19.1 Å². The summed E-state index contributed by atoms with van der Waals surface area (Å²) in [5.74, 6) is -0.00115. The maximum absolute atomic E-state index is 12.0. The lowest BCUT2D eigenvalue weighted by atomic mass is 10.1. The zero-order chi connectivity index (χ0) is 18.1. The minimum absolute atomic E-state index is 0.226. The molecule has 0 saturated heterocycles. The standard InChI is InChI=1S/C20H20O4S/c1-3-23-17-9-4-15(5-10-17)6-13-20(22)24-14-19(21)16-7-11-18(25-2)12-8-16/h4-13H,3,14H2,1-2H3/b13-6+. The van der Waals surface area contributed by atoms with Crippen molar-refractivity contribution in [3.05, 3.63) is 65.7 Å². The Morgan fingerprint density at radius 1 is 1.04 bits per heavy atom. The smallest absolute Gasteiger partial charge is 0.331 e. The van der Waals surface area contributed by atoms with Crippen molar-refractivity contribution in [1.82, 2.24) is 0 Å². The van der Waals surface area contributed by atoms with Gasteiger partial charge in [-0.15, -0.1) is 11.8 Å². The number of ketones is 1. The lowest BCUT2D eigenvalue weighted by molar-refractivity contribution is -0.136. The Balaban J connectivity index is 1.83. The van der Waals surface area contributed by atoms with Gasteiger partial charge in [-0.05, 0) is 49.1 Å². The highest BCUT2D eigenvalue weighted by molar-refractivity contribution is 7.98. The van der Waals surface area contributed by atoms with Crippen LogP contribution in [0, 0.1) is 0 Å². The molecule has 0 unspecified atom stereocenters. The highest BCUT2D eigenvalue weighted by Gasteiger charge is 2.08. The van der Waals surface area contributed by atoms with E-state index in [1.165, 1.54) is 6.08 Å². The number of rotatable bonds is 8. The van der Waals surface area contributed by atoms with Gasteiger partial charge >= 0.3 is 5.97 Å². The molecule has 0 fully saturated rings. The lowest BCUT2D eigenvalue weighted by Gasteiger charge is -2.03. The molecule has 0 atom stereocenters. The second-order valence-electron chi connectivity index (χ2n) is 5.09. The molecule has 0 aliphatic heterocycles. The number of carbonyl (C=O) groups is 2. The minimum atomic E-state index is -0.553. The Labute approximate surface area is 151 Å². The third-order valence-corrected chi connectivity index (χ3v) is 4.10. The number of esters is 1. The van der Waals surface area contributed by atoms with Gasteiger partial charge in [0, 0.05) is 16.5 Å². The summed E-state index contributed by atoms with van der Waals surface area (Å²) in [7, 11) is 0. The topological polar surface area (TPSA) is 52.6 Å². The molecule has 0 bridgehead atoms. The van der Waals surface area contributed by atoms with E-state index in [1.807, 2.05) is 49.6 Å². The first-order valence-corrected chi connectivity index (χ1v) is 9.10. The van der Waals surface area contributed by atoms with Gasteiger partial charge in [0.1, 0.15) is 5.75 Å². The van der Waals surface area contributed by atoms with E-state index in [0.717, 1.165) is 16.2 Å². The number of hydrogen-bond acceptors (Lipinski definition) is 5. The summed E-state index contributed by atoms with van der Waals surface area (Å²) < 4.78 is 10.3. The van der Waals surface area contributed by atoms with Gasteiger partial charge in [-0.2, -0.15) is 0 Å². The first kappa shape index (κ1) is 18.8. The van der Waals surface area contributed by atoms with Gasteiger partial charge in [-0.1, -0.05) is 24.3 Å². The normalized spacial score (nSPS) is 10.6. The van der Waals surface area contributed by atoms with E-state index >= 15 is 0 Å². The molecule has 2 aromatic carbocycles. The van der Waals surface area contributed by atoms with Crippen molar-refractivity contribution in [3.63, 3.8) is 0 Å². The van der Waals surface area contributed by atoms with Crippen molar-refractivity contribution in [2.24, 2.45) is 0 Å². The Hall–Kier alpha value is -2.53. The van der Waals surface area contributed by atoms with Crippen LogP contribution in [-0.2, 0) is 9.53 Å². The number of hydrogen-bond donors (Lipinski definition) is 0. The molecular formula is C20H20O4S. The molecule has 0 N–H and O–H groups in total. The van der Waals surface area contributed by atoms with E-state index in [-0.39, 0.29) is 12.4 Å². The van der Waals surface area contributed by atoms with Crippen LogP contribution < -0.4 is 4.74 Å². The zero-order valence-electron chi connectivity index (χ0n) is 14.2. The summed E-state index contributed by atoms with van der Waals surface area (Å²) in [4.78, 5) is 24.8. The Morgan fingerprint density at radius 2 is 1.72 bits per heavy atom. The van der Waals surface area contributed by atoms with Gasteiger partial charge in [0.05, 0.1) is 6.61 Å². The molecule has 130 valence electrons. The van der Waals surface area contributed by atoms with E-state index in [1.54, 1.807) is 30.0 Å². The summed E-state index contributed by atoms with van der Waals surface area (Å²) in [6.45, 7) is 2.25. The van der Waals surface area contributed by atoms with Crippen LogP contribution in [0.2, 0.25) is 0 Å². The minimum Gasteiger partial charge on any atom is -0.494 e. The first-order valence-electron chi connectivity index (χ1n) is 7.87. The molecular weight excluding hydrogens is 336 g/mol. The Kier molecular flexibility index (Phi) is 7.29. The van der Waals surface area contributed by atoms with Gasteiger partial charge < -0.3 is 9.47 Å². The highest BCUT2D eigenvalue weighted by Crippen LogP contribution is 2.15. The van der Waals surface area contributed by atoms with E-state index in [9.17, 15) is 9.59 Å². The summed E-state index contributed by atoms with van der Waals surface area (Å²) in [5, 5.41) is 0. The van der Waals surface area contributed by atoms with Crippen molar-refractivity contribution >= 4 is 29.6 Å². The van der Waals surface area contributed by atoms with Crippen LogP contribution in [0.1, 0.15) is 22.8 Å². The predicted molar refractivity (Wildman–Crippen MR) is 100 cm³/mol. The van der Waals surface area contributed by atoms with E-state index in [2.05, 4.69) is 0 Å². The molecule has 2 rings (SSSR count). The van der Waals surface area contributed by atoms with Crippen LogP contribution >= 0.6 is 11.8 Å². The number of ether oxygens (including phenoxy) is 2. The molecule has 5 heteroatoms. The molecule has 0 aromatic heterocycles. The van der Waals surface area contributed by atoms with Gasteiger partial charge in [-0.25, -0.2) is 4.79 Å². The lowest BCUT2D eigenvalue weighted by Crippen LogP contribution is -2.12. The third kappa shape index (κ3) is 6.12. The van der Waals surface area contributed by atoms with E-state index in [4.69, 9.17) is 9.47 Å². The van der Waals surface area contributed by atoms with Crippen LogP contribution in [0.3, 0.4) is 0 Å². The van der Waals surface area contributed by atoms with Gasteiger partial charge in [0.15, 0.2) is 12.4 Å². The highest BCUT2D eigenvalue weighted by atomic mass is 32.2. The van der Waals surface area contributed by atoms with Crippen molar-refractivity contribution in [1.29, 1.82) is 0 Å². The van der Waals surface area contributed by atoms with Crippen LogP contribution in [0.25, 0.3) is 6.08 Å². The molecule has 0 aliphatic rings. The molecule has 0 saturated carbocycles. The van der Waals surface area contributed by atoms with Crippen molar-refractivity contribution in [2.45, 2.75) is 11.8 Å². The molecule has 0 radical (unpaired) electrons. The first-order chi connectivity index (χ1) is 12.1. The van der Waals surface area contributed by atoms with Gasteiger partial charge in [0.25, 0.3) is 0 Å². The number of benzene rings is 2. The SMILES string of the molecule is CCOc1ccc(/C=C/C(=O)OCC(=O)c2ccc(SC)cc2)cc1. The fourth-order valence-corrected chi connectivity index (χ4v) is 2.46. The molecule has 2 aromatic rings. The number of carbonyl (C=O) groups excluding carboxylic acids is 2. The number of thioether (sulfide) groups is 1. The predicted octanol–water partition coefficient (Wildman–Crippen LogP) is 4.25. The fraction of sp³-hybridized carbons (Fsp3) is 0.200. The van der Waals surface area contributed by atoms with Crippen LogP contribution in [0.5, 0.6) is 5.75 Å². The molecule has 0 spiro atoms.